The molecule has 34 heavy (non-hydrogen) atoms. The summed E-state index contributed by atoms with van der Waals surface area (Å²) < 4.78 is 30.8. The van der Waals surface area contributed by atoms with Gasteiger partial charge >= 0.3 is 5.97 Å². The van der Waals surface area contributed by atoms with E-state index in [0.717, 1.165) is 5.56 Å². The number of aliphatic carboxylic acids is 1. The smallest absolute Gasteiger partial charge is 0.341 e. The molecule has 14 heteroatoms. The number of nitrogens with one attached hydrogen (secondary N) is 3. The van der Waals surface area contributed by atoms with Crippen LogP contribution < -0.4 is 22.3 Å². The molecular weight excluding hydrogens is 468 g/mol. The molecule has 2 aromatic rings. The summed E-state index contributed by atoms with van der Waals surface area (Å²) in [6.45, 7) is 1.80. The molecule has 1 fully saturated rings. The average molecular weight is 495 g/mol. The first-order valence-electron chi connectivity index (χ1n) is 10.2. The van der Waals surface area contributed by atoms with E-state index in [1.54, 1.807) is 24.3 Å². The van der Waals surface area contributed by atoms with Gasteiger partial charge in [-0.05, 0) is 25.8 Å². The first kappa shape index (κ1) is 25.3. The molecule has 1 unspecified atom stereocenters. The first-order valence-corrected chi connectivity index (χ1v) is 11.7. The predicted molar refractivity (Wildman–Crippen MR) is 118 cm³/mol. The van der Waals surface area contributed by atoms with Crippen molar-refractivity contribution in [3.05, 3.63) is 46.8 Å². The number of aryl methyl sites for hydroxylation is 2. The van der Waals surface area contributed by atoms with Crippen molar-refractivity contribution >= 4 is 27.5 Å². The second-order valence-electron chi connectivity index (χ2n) is 8.01. The summed E-state index contributed by atoms with van der Waals surface area (Å²) in [5.74, 6) is -2.62. The number of amides is 1. The Kier molecular flexibility index (Phi) is 7.07. The van der Waals surface area contributed by atoms with E-state index in [2.05, 4.69) is 16.0 Å². The van der Waals surface area contributed by atoms with Gasteiger partial charge in [0.25, 0.3) is 0 Å². The zero-order valence-electron chi connectivity index (χ0n) is 18.5. The van der Waals surface area contributed by atoms with Crippen LogP contribution in [-0.4, -0.2) is 53.9 Å². The highest BCUT2D eigenvalue weighted by Gasteiger charge is 2.51. The molecule has 13 nitrogen and oxygen atoms in total. The molecule has 0 spiro atoms. The summed E-state index contributed by atoms with van der Waals surface area (Å²) in [6.07, 6.45) is -0.277. The van der Waals surface area contributed by atoms with Gasteiger partial charge in [0, 0.05) is 5.56 Å². The Morgan fingerprint density at radius 3 is 2.50 bits per heavy atom. The Morgan fingerprint density at radius 2 is 1.97 bits per heavy atom. The molecule has 1 aromatic heterocycles. The monoisotopic (exact) mass is 494 g/mol. The third-order valence-corrected chi connectivity index (χ3v) is 7.94. The molecule has 1 amide bonds. The van der Waals surface area contributed by atoms with Crippen LogP contribution in [0.1, 0.15) is 41.5 Å². The number of sulfone groups is 1. The Labute approximate surface area is 195 Å². The van der Waals surface area contributed by atoms with Crippen LogP contribution in [0.15, 0.2) is 33.7 Å². The number of benzene rings is 1. The van der Waals surface area contributed by atoms with Crippen LogP contribution in [0.2, 0.25) is 0 Å². The van der Waals surface area contributed by atoms with Crippen molar-refractivity contribution < 1.29 is 32.5 Å². The van der Waals surface area contributed by atoms with Crippen LogP contribution >= 0.6 is 0 Å². The van der Waals surface area contributed by atoms with Crippen molar-refractivity contribution in [3.63, 3.8) is 0 Å². The lowest BCUT2D eigenvalue weighted by molar-refractivity contribution is -0.140. The maximum atomic E-state index is 13.0. The van der Waals surface area contributed by atoms with Crippen molar-refractivity contribution in [1.82, 2.24) is 16.0 Å². The van der Waals surface area contributed by atoms with Gasteiger partial charge < -0.3 is 26.4 Å². The van der Waals surface area contributed by atoms with Gasteiger partial charge in [0.05, 0.1) is 30.8 Å². The van der Waals surface area contributed by atoms with Crippen molar-refractivity contribution in [3.8, 4) is 0 Å². The molecule has 1 aliphatic rings. The molecule has 0 bridgehead atoms. The van der Waals surface area contributed by atoms with E-state index in [0.29, 0.717) is 12.0 Å². The summed E-state index contributed by atoms with van der Waals surface area (Å²) >= 11 is 0. The lowest BCUT2D eigenvalue weighted by Crippen LogP contribution is -2.61. The van der Waals surface area contributed by atoms with Crippen LogP contribution in [0.4, 0.5) is 0 Å². The van der Waals surface area contributed by atoms with Gasteiger partial charge in [-0.25, -0.2) is 13.2 Å². The number of carboxylic acids is 1. The van der Waals surface area contributed by atoms with Crippen LogP contribution in [0.25, 0.3) is 0 Å². The number of aromatic nitrogens is 1. The molecule has 1 aliphatic heterocycles. The molecule has 3 atom stereocenters. The summed E-state index contributed by atoms with van der Waals surface area (Å²) in [4.78, 5) is 26.5. The number of rotatable bonds is 9. The quantitative estimate of drug-likeness (QED) is 0.195. The van der Waals surface area contributed by atoms with Gasteiger partial charge in [0.1, 0.15) is 10.7 Å². The highest BCUT2D eigenvalue weighted by Crippen LogP contribution is 2.29. The summed E-state index contributed by atoms with van der Waals surface area (Å²) in [7, 11) is -4.66. The molecule has 0 saturated carbocycles. The van der Waals surface area contributed by atoms with Crippen molar-refractivity contribution in [2.45, 2.75) is 48.6 Å². The highest BCUT2D eigenvalue weighted by molar-refractivity contribution is 7.93. The fraction of sp³-hybridized carbons (Fsp3) is 0.400. The fourth-order valence-electron chi connectivity index (χ4n) is 3.60. The Morgan fingerprint density at radius 1 is 1.32 bits per heavy atom. The number of hydroxylamine groups is 1. The standard InChI is InChI=1S/C20H26N6O7S/c1-10-17(11(2)32-25-10)34(30,31)20(23,19(28)29)9-24-16(27)8-14-7-15(26-33-14)12-3-5-13(6-4-12)18(21)22/h3-6,14-15,26H,7-9,23H2,1-2H3,(H3,21,22)(H,24,27)(H,28,29)/t14-,15?,20-/m0/s1. The Bertz CT molecular complexity index is 1190. The third-order valence-electron chi connectivity index (χ3n) is 5.54. The van der Waals surface area contributed by atoms with Gasteiger partial charge in [-0.1, -0.05) is 29.4 Å². The zero-order valence-corrected chi connectivity index (χ0v) is 19.3. The number of nitrogens with zero attached hydrogens (tertiary/aromatic N) is 1. The van der Waals surface area contributed by atoms with E-state index >= 15 is 0 Å². The lowest BCUT2D eigenvalue weighted by Gasteiger charge is -2.25. The Hall–Kier alpha value is -3.33. The number of hydrogen-bond acceptors (Lipinski definition) is 10. The average Bonchev–Trinajstić information content (AvgIpc) is 3.37. The van der Waals surface area contributed by atoms with Crippen molar-refractivity contribution in [1.29, 1.82) is 5.41 Å². The second-order valence-corrected chi connectivity index (χ2v) is 10.2. The second kappa shape index (κ2) is 9.50. The third kappa shape index (κ3) is 4.79. The summed E-state index contributed by atoms with van der Waals surface area (Å²) in [6, 6.07) is 6.76. The van der Waals surface area contributed by atoms with Gasteiger partial charge in [-0.2, -0.15) is 5.48 Å². The molecule has 3 rings (SSSR count). The number of nitrogen functional groups attached to an aromatic ring is 1. The van der Waals surface area contributed by atoms with E-state index in [-0.39, 0.29) is 29.8 Å². The normalized spacial score (nSPS) is 20.0. The summed E-state index contributed by atoms with van der Waals surface area (Å²) in [5, 5.41) is 22.9. The highest BCUT2D eigenvalue weighted by atomic mass is 32.2. The number of carboxylic acid groups (broad SMARTS) is 1. The first-order chi connectivity index (χ1) is 15.9. The number of carbonyl (C=O) groups excluding carboxylic acids is 1. The largest absolute Gasteiger partial charge is 0.479 e. The molecule has 1 saturated heterocycles. The SMILES string of the molecule is Cc1noc(C)c1S(=O)(=O)[C@@](N)(CNC(=O)C[C@@H]1CC(c2ccc(C(=N)N)cc2)NO1)C(=O)O. The zero-order chi connectivity index (χ0) is 25.3. The number of nitrogens with two attached hydrogens (primary N) is 2. The van der Waals surface area contributed by atoms with Crippen LogP contribution in [0, 0.1) is 19.3 Å². The molecule has 1 aromatic carbocycles. The van der Waals surface area contributed by atoms with E-state index in [1.165, 1.54) is 13.8 Å². The van der Waals surface area contributed by atoms with E-state index in [4.69, 9.17) is 26.2 Å². The van der Waals surface area contributed by atoms with Crippen molar-refractivity contribution in [2.75, 3.05) is 6.54 Å². The maximum absolute atomic E-state index is 13.0. The lowest BCUT2D eigenvalue weighted by atomic mass is 9.99. The molecule has 2 heterocycles. The minimum atomic E-state index is -4.66. The van der Waals surface area contributed by atoms with Gasteiger partial charge in [0.2, 0.25) is 20.6 Å². The predicted octanol–water partition coefficient (Wildman–Crippen LogP) is -0.370. The van der Waals surface area contributed by atoms with Crippen LogP contribution in [0.5, 0.6) is 0 Å². The van der Waals surface area contributed by atoms with E-state index < -0.39 is 44.1 Å². The van der Waals surface area contributed by atoms with E-state index in [9.17, 15) is 23.1 Å². The molecule has 8 N–H and O–H groups in total. The van der Waals surface area contributed by atoms with Gasteiger partial charge in [-0.3, -0.25) is 15.0 Å². The molecule has 184 valence electrons. The van der Waals surface area contributed by atoms with Gasteiger partial charge in [-0.15, -0.1) is 0 Å². The van der Waals surface area contributed by atoms with Crippen LogP contribution in [-0.2, 0) is 24.3 Å². The topological polar surface area (TPSA) is 224 Å². The molecule has 0 radical (unpaired) electrons. The number of amidine groups is 1. The minimum absolute atomic E-state index is 0.0345. The fourth-order valence-corrected chi connectivity index (χ4v) is 5.29. The Balaban J connectivity index is 1.63. The molecular formula is C20H26N6O7S. The molecule has 0 aliphatic carbocycles. The maximum Gasteiger partial charge on any atom is 0.341 e. The van der Waals surface area contributed by atoms with E-state index in [1.807, 2.05) is 0 Å². The minimum Gasteiger partial charge on any atom is -0.479 e. The van der Waals surface area contributed by atoms with Crippen LogP contribution in [0.3, 0.4) is 0 Å². The number of hydrogen-bond donors (Lipinski definition) is 6. The summed E-state index contributed by atoms with van der Waals surface area (Å²) in [5.41, 5.74) is 15.5. The van der Waals surface area contributed by atoms with Gasteiger partial charge in [0.15, 0.2) is 5.76 Å². The van der Waals surface area contributed by atoms with Crippen molar-refractivity contribution in [2.24, 2.45) is 11.5 Å². The number of carbonyl (C=O) groups is 2.